The predicted octanol–water partition coefficient (Wildman–Crippen LogP) is 1.04. The lowest BCUT2D eigenvalue weighted by Crippen LogP contribution is -2.39. The van der Waals surface area contributed by atoms with E-state index in [1.807, 2.05) is 18.7 Å². The first-order valence-electron chi connectivity index (χ1n) is 7.16. The molecule has 8 nitrogen and oxygen atoms in total. The molecular weight excluding hydrogens is 296 g/mol. The third-order valence-electron chi connectivity index (χ3n) is 3.79. The normalized spacial score (nSPS) is 13.5. The van der Waals surface area contributed by atoms with Gasteiger partial charge < -0.3 is 20.7 Å². The molecule has 0 spiro atoms. The molecule has 0 saturated carbocycles. The lowest BCUT2D eigenvalue weighted by atomic mass is 10.1. The number of amides is 1. The van der Waals surface area contributed by atoms with Gasteiger partial charge in [-0.1, -0.05) is 0 Å². The lowest BCUT2D eigenvalue weighted by molar-refractivity contribution is -0.115. The molecule has 3 heterocycles. The summed E-state index contributed by atoms with van der Waals surface area (Å²) in [6, 6.07) is 0. The van der Waals surface area contributed by atoms with Crippen LogP contribution in [-0.2, 0) is 11.3 Å². The van der Waals surface area contributed by atoms with Crippen molar-refractivity contribution in [1.29, 1.82) is 0 Å². The fraction of sp³-hybridized carbons (Fsp3) is 0.333. The first-order valence-corrected chi connectivity index (χ1v) is 7.16. The van der Waals surface area contributed by atoms with Gasteiger partial charge in [0, 0.05) is 17.3 Å². The number of nitrogens with two attached hydrogens (primary N) is 1. The maximum Gasteiger partial charge on any atom is 0.244 e. The van der Waals surface area contributed by atoms with Crippen LogP contribution in [0.3, 0.4) is 0 Å². The Kier molecular flexibility index (Phi) is 3.73. The number of pyridine rings is 1. The molecule has 23 heavy (non-hydrogen) atoms. The summed E-state index contributed by atoms with van der Waals surface area (Å²) in [6.07, 6.45) is 3.28. The summed E-state index contributed by atoms with van der Waals surface area (Å²) in [7, 11) is 1.64. The molecule has 0 aromatic carbocycles. The maximum atomic E-state index is 11.9. The van der Waals surface area contributed by atoms with Crippen LogP contribution in [0.15, 0.2) is 12.4 Å². The fourth-order valence-corrected chi connectivity index (χ4v) is 2.70. The van der Waals surface area contributed by atoms with Gasteiger partial charge in [-0.2, -0.15) is 4.98 Å². The van der Waals surface area contributed by atoms with Gasteiger partial charge in [-0.05, 0) is 13.8 Å². The van der Waals surface area contributed by atoms with Crippen molar-refractivity contribution in [2.24, 2.45) is 0 Å². The molecule has 8 heteroatoms. The number of aryl methyl sites for hydroxylation is 1. The van der Waals surface area contributed by atoms with E-state index in [2.05, 4.69) is 20.3 Å². The van der Waals surface area contributed by atoms with Crippen molar-refractivity contribution < 1.29 is 9.53 Å². The minimum absolute atomic E-state index is 0.123. The summed E-state index contributed by atoms with van der Waals surface area (Å²) in [5.41, 5.74) is 8.96. The van der Waals surface area contributed by atoms with E-state index in [-0.39, 0.29) is 18.4 Å². The van der Waals surface area contributed by atoms with Gasteiger partial charge in [-0.25, -0.2) is 4.98 Å². The minimum atomic E-state index is -0.123. The number of anilines is 3. The Balaban J connectivity index is 1.98. The van der Waals surface area contributed by atoms with Crippen molar-refractivity contribution in [2.75, 3.05) is 29.6 Å². The van der Waals surface area contributed by atoms with Crippen LogP contribution in [0.4, 0.5) is 17.5 Å². The van der Waals surface area contributed by atoms with Gasteiger partial charge in [0.1, 0.15) is 11.4 Å². The largest absolute Gasteiger partial charge is 0.496 e. The van der Waals surface area contributed by atoms with E-state index in [1.165, 1.54) is 6.20 Å². The second-order valence-corrected chi connectivity index (χ2v) is 5.42. The lowest BCUT2D eigenvalue weighted by Gasteiger charge is -2.29. The monoisotopic (exact) mass is 314 g/mol. The second-order valence-electron chi connectivity index (χ2n) is 5.42. The molecule has 2 aromatic heterocycles. The van der Waals surface area contributed by atoms with Gasteiger partial charge in [0.2, 0.25) is 11.9 Å². The number of rotatable bonds is 3. The Morgan fingerprint density at radius 3 is 2.87 bits per heavy atom. The second kappa shape index (κ2) is 5.71. The van der Waals surface area contributed by atoms with Gasteiger partial charge in [0.15, 0.2) is 5.82 Å². The van der Waals surface area contributed by atoms with E-state index in [0.29, 0.717) is 18.1 Å². The number of carbonyl (C=O) groups is 1. The van der Waals surface area contributed by atoms with E-state index in [9.17, 15) is 4.79 Å². The van der Waals surface area contributed by atoms with E-state index in [1.54, 1.807) is 13.3 Å². The van der Waals surface area contributed by atoms with Gasteiger partial charge in [0.25, 0.3) is 0 Å². The number of hydrogen-bond acceptors (Lipinski definition) is 7. The number of nitrogens with zero attached hydrogens (tertiary/aromatic N) is 4. The molecule has 0 radical (unpaired) electrons. The molecule has 1 aliphatic rings. The zero-order chi connectivity index (χ0) is 16.6. The van der Waals surface area contributed by atoms with Crippen molar-refractivity contribution >= 4 is 23.4 Å². The standard InChI is InChI=1S/C15H18N6O2/c1-8-4-17-11(9(2)13(8)23-3)6-21-7-12(22)19-10-5-18-15(16)20-14(10)21/h4-5H,6-7H2,1-3H3,(H,19,22)(H2,16,18,20). The van der Waals surface area contributed by atoms with Crippen molar-refractivity contribution in [3.8, 4) is 5.75 Å². The Morgan fingerprint density at radius 2 is 2.13 bits per heavy atom. The Hall–Kier alpha value is -2.90. The molecule has 120 valence electrons. The minimum Gasteiger partial charge on any atom is -0.496 e. The van der Waals surface area contributed by atoms with Crippen LogP contribution in [0.25, 0.3) is 0 Å². The number of ether oxygens (including phenoxy) is 1. The first-order chi connectivity index (χ1) is 11.0. The van der Waals surface area contributed by atoms with Crippen LogP contribution in [0, 0.1) is 13.8 Å². The van der Waals surface area contributed by atoms with Gasteiger partial charge in [-0.15, -0.1) is 0 Å². The zero-order valence-electron chi connectivity index (χ0n) is 13.3. The van der Waals surface area contributed by atoms with E-state index in [4.69, 9.17) is 10.5 Å². The molecule has 1 aliphatic heterocycles. The average molecular weight is 314 g/mol. The van der Waals surface area contributed by atoms with Gasteiger partial charge in [-0.3, -0.25) is 9.78 Å². The zero-order valence-corrected chi connectivity index (χ0v) is 13.3. The quantitative estimate of drug-likeness (QED) is 0.871. The summed E-state index contributed by atoms with van der Waals surface area (Å²) >= 11 is 0. The van der Waals surface area contributed by atoms with Gasteiger partial charge >= 0.3 is 0 Å². The molecule has 1 amide bonds. The van der Waals surface area contributed by atoms with Crippen LogP contribution < -0.4 is 20.7 Å². The number of fused-ring (bicyclic) bond motifs is 1. The third kappa shape index (κ3) is 2.75. The number of nitrogens with one attached hydrogen (secondary N) is 1. The van der Waals surface area contributed by atoms with Crippen molar-refractivity contribution in [2.45, 2.75) is 20.4 Å². The smallest absolute Gasteiger partial charge is 0.244 e. The van der Waals surface area contributed by atoms with Crippen molar-refractivity contribution in [3.05, 3.63) is 29.2 Å². The van der Waals surface area contributed by atoms with Crippen LogP contribution in [0.2, 0.25) is 0 Å². The molecule has 3 rings (SSSR count). The van der Waals surface area contributed by atoms with Crippen LogP contribution in [0.5, 0.6) is 5.75 Å². The summed E-state index contributed by atoms with van der Waals surface area (Å²) in [4.78, 5) is 26.3. The number of aromatic nitrogens is 3. The fourth-order valence-electron chi connectivity index (χ4n) is 2.70. The molecular formula is C15H18N6O2. The highest BCUT2D eigenvalue weighted by molar-refractivity contribution is 6.00. The van der Waals surface area contributed by atoms with E-state index < -0.39 is 0 Å². The highest BCUT2D eigenvalue weighted by atomic mass is 16.5. The molecule has 3 N–H and O–H groups in total. The van der Waals surface area contributed by atoms with Crippen LogP contribution in [0.1, 0.15) is 16.8 Å². The van der Waals surface area contributed by atoms with E-state index in [0.717, 1.165) is 22.6 Å². The number of hydrogen-bond donors (Lipinski definition) is 2. The summed E-state index contributed by atoms with van der Waals surface area (Å²) in [5, 5.41) is 2.74. The molecule has 0 bridgehead atoms. The summed E-state index contributed by atoms with van der Waals surface area (Å²) in [5.74, 6) is 1.44. The first kappa shape index (κ1) is 15.0. The molecule has 2 aromatic rings. The number of carbonyl (C=O) groups excluding carboxylic acids is 1. The average Bonchev–Trinajstić information content (AvgIpc) is 2.51. The number of methoxy groups -OCH3 is 1. The third-order valence-corrected chi connectivity index (χ3v) is 3.79. The molecule has 0 saturated heterocycles. The van der Waals surface area contributed by atoms with Gasteiger partial charge in [0.05, 0.1) is 32.1 Å². The Morgan fingerprint density at radius 1 is 1.35 bits per heavy atom. The number of nitrogen functional groups attached to an aromatic ring is 1. The maximum absolute atomic E-state index is 11.9. The van der Waals surface area contributed by atoms with Crippen LogP contribution >= 0.6 is 0 Å². The summed E-state index contributed by atoms with van der Waals surface area (Å²) < 4.78 is 5.43. The van der Waals surface area contributed by atoms with E-state index >= 15 is 0 Å². The molecule has 0 unspecified atom stereocenters. The highest BCUT2D eigenvalue weighted by Crippen LogP contribution is 2.30. The molecule has 0 atom stereocenters. The Bertz CT molecular complexity index is 777. The SMILES string of the molecule is COc1c(C)cnc(CN2CC(=O)Nc3cnc(N)nc32)c1C. The molecule has 0 aliphatic carbocycles. The predicted molar refractivity (Wildman–Crippen MR) is 86.4 cm³/mol. The summed E-state index contributed by atoms with van der Waals surface area (Å²) in [6.45, 7) is 4.51. The molecule has 0 fully saturated rings. The topological polar surface area (TPSA) is 106 Å². The van der Waals surface area contributed by atoms with Crippen molar-refractivity contribution in [3.63, 3.8) is 0 Å². The Labute approximate surface area is 133 Å². The van der Waals surface area contributed by atoms with Crippen LogP contribution in [-0.4, -0.2) is 34.5 Å². The van der Waals surface area contributed by atoms with Crippen molar-refractivity contribution in [1.82, 2.24) is 15.0 Å². The highest BCUT2D eigenvalue weighted by Gasteiger charge is 2.25.